The molecule has 156 valence electrons. The van der Waals surface area contributed by atoms with Crippen LogP contribution in [0.3, 0.4) is 0 Å². The van der Waals surface area contributed by atoms with Crippen molar-refractivity contribution in [2.24, 2.45) is 0 Å². The van der Waals surface area contributed by atoms with Gasteiger partial charge in [-0.2, -0.15) is 0 Å². The van der Waals surface area contributed by atoms with Gasteiger partial charge in [-0.05, 0) is 43.2 Å². The van der Waals surface area contributed by atoms with E-state index >= 15 is 0 Å². The molecule has 0 amide bonds. The molecule has 2 aromatic heterocycles. The van der Waals surface area contributed by atoms with E-state index < -0.39 is 0 Å². The lowest BCUT2D eigenvalue weighted by Gasteiger charge is -2.11. The summed E-state index contributed by atoms with van der Waals surface area (Å²) >= 11 is 13.8. The number of thioether (sulfide) groups is 1. The number of benzene rings is 2. The summed E-state index contributed by atoms with van der Waals surface area (Å²) in [4.78, 5) is 13.1. The quantitative estimate of drug-likeness (QED) is 0.270. The standard InChI is InChI=1S/C21H20Cl2N4O2S/c1-2-29-11-5-10-26-19(28)16-6-3-4-7-18(16)27-20(26)24-25-21(27)30-13-14-8-9-15(22)12-17(14)23/h3-4,6-9,12H,2,5,10-11,13H2,1H3. The second-order valence-corrected chi connectivity index (χ2v) is 8.45. The summed E-state index contributed by atoms with van der Waals surface area (Å²) in [6.07, 6.45) is 0.720. The van der Waals surface area contributed by atoms with Crippen molar-refractivity contribution in [1.29, 1.82) is 0 Å². The molecule has 0 aliphatic heterocycles. The van der Waals surface area contributed by atoms with E-state index in [2.05, 4.69) is 10.2 Å². The molecule has 9 heteroatoms. The predicted octanol–water partition coefficient (Wildman–Crippen LogP) is 5.07. The number of aromatic nitrogens is 4. The van der Waals surface area contributed by atoms with E-state index in [4.69, 9.17) is 27.9 Å². The maximum absolute atomic E-state index is 13.1. The van der Waals surface area contributed by atoms with Gasteiger partial charge in [0.05, 0.1) is 10.9 Å². The van der Waals surface area contributed by atoms with Gasteiger partial charge in [-0.3, -0.25) is 13.8 Å². The number of ether oxygens (including phenoxy) is 1. The highest BCUT2D eigenvalue weighted by molar-refractivity contribution is 7.98. The minimum absolute atomic E-state index is 0.0701. The number of hydrogen-bond donors (Lipinski definition) is 0. The lowest BCUT2D eigenvalue weighted by atomic mass is 10.2. The molecular formula is C21H20Cl2N4O2S. The van der Waals surface area contributed by atoms with Crippen molar-refractivity contribution >= 4 is 51.6 Å². The molecule has 2 aromatic carbocycles. The van der Waals surface area contributed by atoms with Gasteiger partial charge >= 0.3 is 0 Å². The van der Waals surface area contributed by atoms with E-state index in [0.29, 0.717) is 51.9 Å². The summed E-state index contributed by atoms with van der Waals surface area (Å²) in [7, 11) is 0. The van der Waals surface area contributed by atoms with Gasteiger partial charge in [-0.15, -0.1) is 10.2 Å². The number of fused-ring (bicyclic) bond motifs is 3. The highest BCUT2D eigenvalue weighted by Gasteiger charge is 2.17. The Bertz CT molecular complexity index is 1260. The van der Waals surface area contributed by atoms with Crippen LogP contribution in [-0.4, -0.2) is 32.4 Å². The maximum Gasteiger partial charge on any atom is 0.262 e. The van der Waals surface area contributed by atoms with Gasteiger partial charge in [0.2, 0.25) is 5.78 Å². The molecule has 4 aromatic rings. The molecule has 0 unspecified atom stereocenters. The van der Waals surface area contributed by atoms with Crippen molar-refractivity contribution in [2.45, 2.75) is 30.8 Å². The third-order valence-corrected chi connectivity index (χ3v) is 6.29. The zero-order valence-corrected chi connectivity index (χ0v) is 18.7. The lowest BCUT2D eigenvalue weighted by Crippen LogP contribution is -2.24. The average molecular weight is 463 g/mol. The van der Waals surface area contributed by atoms with Crippen LogP contribution in [0.2, 0.25) is 10.0 Å². The summed E-state index contributed by atoms with van der Waals surface area (Å²) in [6.45, 7) is 3.71. The third kappa shape index (κ3) is 4.21. The van der Waals surface area contributed by atoms with Crippen molar-refractivity contribution in [3.63, 3.8) is 0 Å². The smallest absolute Gasteiger partial charge is 0.262 e. The van der Waals surface area contributed by atoms with Gasteiger partial charge in [0.1, 0.15) is 0 Å². The molecule has 0 saturated carbocycles. The molecule has 0 atom stereocenters. The Hall–Kier alpha value is -2.06. The first-order valence-corrected chi connectivity index (χ1v) is 11.4. The van der Waals surface area contributed by atoms with Gasteiger partial charge in [0.15, 0.2) is 5.16 Å². The fourth-order valence-electron chi connectivity index (χ4n) is 3.28. The molecule has 0 N–H and O–H groups in total. The molecule has 0 spiro atoms. The van der Waals surface area contributed by atoms with Crippen molar-refractivity contribution in [2.75, 3.05) is 13.2 Å². The van der Waals surface area contributed by atoms with Gasteiger partial charge in [-0.1, -0.05) is 53.2 Å². The number of nitrogens with zero attached hydrogens (tertiary/aromatic N) is 4. The Morgan fingerprint density at radius 3 is 2.77 bits per heavy atom. The van der Waals surface area contributed by atoms with Crippen LogP contribution in [0.5, 0.6) is 0 Å². The van der Waals surface area contributed by atoms with Crippen molar-refractivity contribution < 1.29 is 4.74 Å². The lowest BCUT2D eigenvalue weighted by molar-refractivity contribution is 0.141. The second kappa shape index (κ2) is 9.39. The second-order valence-electron chi connectivity index (χ2n) is 6.67. The number of hydrogen-bond acceptors (Lipinski definition) is 5. The number of rotatable bonds is 8. The Labute approximate surface area is 187 Å². The molecule has 2 heterocycles. The van der Waals surface area contributed by atoms with Crippen LogP contribution in [0.1, 0.15) is 18.9 Å². The van der Waals surface area contributed by atoms with Gasteiger partial charge < -0.3 is 4.74 Å². The van der Waals surface area contributed by atoms with E-state index in [1.54, 1.807) is 10.6 Å². The molecule has 0 aliphatic carbocycles. The van der Waals surface area contributed by atoms with E-state index in [0.717, 1.165) is 17.5 Å². The van der Waals surface area contributed by atoms with Crippen LogP contribution in [0.15, 0.2) is 52.4 Å². The fourth-order valence-corrected chi connectivity index (χ4v) is 4.78. The van der Waals surface area contributed by atoms with Crippen LogP contribution in [0, 0.1) is 0 Å². The van der Waals surface area contributed by atoms with E-state index in [1.807, 2.05) is 47.7 Å². The first-order chi connectivity index (χ1) is 14.6. The van der Waals surface area contributed by atoms with Gasteiger partial charge in [-0.25, -0.2) is 0 Å². The Balaban J connectivity index is 1.74. The van der Waals surface area contributed by atoms with E-state index in [-0.39, 0.29) is 5.56 Å². The zero-order chi connectivity index (χ0) is 21.1. The van der Waals surface area contributed by atoms with Crippen LogP contribution in [-0.2, 0) is 17.0 Å². The van der Waals surface area contributed by atoms with Crippen molar-refractivity contribution in [3.8, 4) is 0 Å². The maximum atomic E-state index is 13.1. The van der Waals surface area contributed by atoms with Crippen LogP contribution >= 0.6 is 35.0 Å². The highest BCUT2D eigenvalue weighted by atomic mass is 35.5. The molecule has 0 saturated heterocycles. The third-order valence-electron chi connectivity index (χ3n) is 4.72. The van der Waals surface area contributed by atoms with Crippen LogP contribution in [0.4, 0.5) is 0 Å². The normalized spacial score (nSPS) is 11.6. The summed E-state index contributed by atoms with van der Waals surface area (Å²) in [6, 6.07) is 13.0. The molecule has 0 fully saturated rings. The topological polar surface area (TPSA) is 61.4 Å². The van der Waals surface area contributed by atoms with E-state index in [9.17, 15) is 4.79 Å². The highest BCUT2D eigenvalue weighted by Crippen LogP contribution is 2.29. The molecule has 0 aliphatic rings. The molecule has 4 rings (SSSR count). The van der Waals surface area contributed by atoms with Gasteiger partial charge in [0.25, 0.3) is 5.56 Å². The molecule has 30 heavy (non-hydrogen) atoms. The summed E-state index contributed by atoms with van der Waals surface area (Å²) in [5.41, 5.74) is 1.67. The van der Waals surface area contributed by atoms with Crippen LogP contribution < -0.4 is 5.56 Å². The fraction of sp³-hybridized carbons (Fsp3) is 0.286. The molecule has 0 bridgehead atoms. The average Bonchev–Trinajstić information content (AvgIpc) is 3.16. The van der Waals surface area contributed by atoms with Crippen LogP contribution in [0.25, 0.3) is 16.7 Å². The number of halogens is 2. The predicted molar refractivity (Wildman–Crippen MR) is 122 cm³/mol. The van der Waals surface area contributed by atoms with Crippen molar-refractivity contribution in [1.82, 2.24) is 19.2 Å². The molecule has 6 nitrogen and oxygen atoms in total. The Morgan fingerprint density at radius 1 is 1.13 bits per heavy atom. The summed E-state index contributed by atoms with van der Waals surface area (Å²) in [5.74, 6) is 1.13. The number of aryl methyl sites for hydroxylation is 1. The summed E-state index contributed by atoms with van der Waals surface area (Å²) in [5, 5.41) is 11.3. The first-order valence-electron chi connectivity index (χ1n) is 9.61. The minimum Gasteiger partial charge on any atom is -0.382 e. The minimum atomic E-state index is -0.0701. The van der Waals surface area contributed by atoms with Crippen molar-refractivity contribution in [3.05, 3.63) is 68.4 Å². The number of para-hydroxylation sites is 1. The van der Waals surface area contributed by atoms with Gasteiger partial charge in [0, 0.05) is 35.6 Å². The molecule has 0 radical (unpaired) electrons. The largest absolute Gasteiger partial charge is 0.382 e. The molecular weight excluding hydrogens is 443 g/mol. The van der Waals surface area contributed by atoms with E-state index in [1.165, 1.54) is 11.8 Å². The summed E-state index contributed by atoms with van der Waals surface area (Å²) < 4.78 is 9.03. The SMILES string of the molecule is CCOCCCn1c(=O)c2ccccc2n2c(SCc3ccc(Cl)cc3Cl)nnc12. The first kappa shape index (κ1) is 21.2. The zero-order valence-electron chi connectivity index (χ0n) is 16.3. The monoisotopic (exact) mass is 462 g/mol. The Kier molecular flexibility index (Phi) is 6.63. The Morgan fingerprint density at radius 2 is 1.97 bits per heavy atom.